The first-order valence-corrected chi connectivity index (χ1v) is 38.7. The first kappa shape index (κ1) is 85.5. The number of aliphatic hydroxyl groups is 2. The van der Waals surface area contributed by atoms with Crippen molar-refractivity contribution >= 4 is 57.9 Å². The van der Waals surface area contributed by atoms with Crippen LogP contribution in [0.15, 0.2) is 249 Å². The van der Waals surface area contributed by atoms with Gasteiger partial charge in [0.2, 0.25) is 0 Å². The fraction of sp³-hybridized carbons (Fsp3) is 0.435. The smallest absolute Gasteiger partial charge is 0.457 e. The summed E-state index contributed by atoms with van der Waals surface area (Å²) < 4.78 is 81.8. The second-order valence-electron chi connectivity index (χ2n) is 30.4. The highest BCUT2D eigenvalue weighted by atomic mass is 32.2. The van der Waals surface area contributed by atoms with Crippen molar-refractivity contribution < 1.29 is 85.0 Å². The third-order valence-corrected chi connectivity index (χ3v) is 23.5. The van der Waals surface area contributed by atoms with Gasteiger partial charge in [-0.25, -0.2) is 46.7 Å². The molecule has 2 N–H and O–H groups in total. The zero-order chi connectivity index (χ0) is 77.9. The lowest BCUT2D eigenvalue weighted by Crippen LogP contribution is -2.57. The minimum absolute atomic E-state index is 0. The Balaban J connectivity index is 0.000000171. The van der Waals surface area contributed by atoms with Crippen LogP contribution in [-0.4, -0.2) is 127 Å². The summed E-state index contributed by atoms with van der Waals surface area (Å²) in [6.07, 6.45) is 14.9. The molecule has 0 spiro atoms. The van der Waals surface area contributed by atoms with E-state index in [-0.39, 0.29) is 77.6 Å². The van der Waals surface area contributed by atoms with Crippen LogP contribution >= 0.6 is 0 Å². The van der Waals surface area contributed by atoms with E-state index in [0.717, 1.165) is 32.1 Å². The van der Waals surface area contributed by atoms with E-state index < -0.39 is 83.9 Å². The molecule has 584 valence electrons. The standard InChI is InChI=1S/C21H30F2O7.2C18H15S.C17H26O5.C7H6N4O.C3H6F2O.CH4/c1-19(2,3)30-15(24)10-27-17(25)21-7-12-5-13(8-21)16(14(6-12)9-21)29-18(26)28-11-20(4,22)23;2*1-4-10-16(11-5-1)19(17-12-6-2-7-13-17)18-14-8-3-9-15-18;1-16(2,3)22-13(18)9-21-15(20)17-6-10-4-11(7-17)14(19)12(5-10)8-17;12-7(10-3-1-8-5-10)11-4-2-9-6-11;1-3(4,5)2-6;/h12-14,16H,5-11H2,1-4H3;2*1-15H;10-12,14,19H,4-9H2,1-3H3;1-6H;6H,2H2,1H3;1H4/q;2*+1;;;;. The number of hydrogen-bond acceptors (Lipinski definition) is 16. The average Bonchev–Trinajstić information content (AvgIpc) is 0.961. The molecule has 18 nitrogen and oxygen atoms in total. The number of hydrogen-bond donors (Lipinski definition) is 2. The van der Waals surface area contributed by atoms with E-state index in [1.54, 1.807) is 66.3 Å². The van der Waals surface area contributed by atoms with Gasteiger partial charge < -0.3 is 38.6 Å². The summed E-state index contributed by atoms with van der Waals surface area (Å²) in [5.41, 5.74) is -2.41. The molecule has 8 bridgehead atoms. The Morgan fingerprint density at radius 1 is 0.459 bits per heavy atom. The summed E-state index contributed by atoms with van der Waals surface area (Å²) in [6.45, 7) is 9.03. The Morgan fingerprint density at radius 3 is 1.02 bits per heavy atom. The van der Waals surface area contributed by atoms with Gasteiger partial charge in [-0.15, -0.1) is 0 Å². The van der Waals surface area contributed by atoms with Gasteiger partial charge in [0.25, 0.3) is 11.8 Å². The number of esters is 4. The molecule has 109 heavy (non-hydrogen) atoms. The largest absolute Gasteiger partial charge is 0.508 e. The summed E-state index contributed by atoms with van der Waals surface area (Å²) in [6, 6.07) is 64.1. The van der Waals surface area contributed by atoms with Crippen molar-refractivity contribution in [2.75, 3.05) is 26.4 Å². The van der Waals surface area contributed by atoms with Crippen LogP contribution in [0.1, 0.15) is 127 Å². The summed E-state index contributed by atoms with van der Waals surface area (Å²) in [5, 5.41) is 17.9. The fourth-order valence-electron chi connectivity index (χ4n) is 15.3. The van der Waals surface area contributed by atoms with Crippen LogP contribution in [0.25, 0.3) is 0 Å². The summed E-state index contributed by atoms with van der Waals surface area (Å²) in [4.78, 5) is 88.0. The fourth-order valence-corrected chi connectivity index (χ4v) is 19.5. The molecule has 0 saturated heterocycles. The van der Waals surface area contributed by atoms with Crippen LogP contribution in [0.3, 0.4) is 0 Å². The predicted octanol–water partition coefficient (Wildman–Crippen LogP) is 17.4. The Hall–Kier alpha value is -9.10. The molecule has 2 aromatic heterocycles. The van der Waals surface area contributed by atoms with Crippen molar-refractivity contribution in [3.05, 3.63) is 219 Å². The minimum Gasteiger partial charge on any atom is -0.457 e. The Labute approximate surface area is 642 Å². The van der Waals surface area contributed by atoms with Gasteiger partial charge >= 0.3 is 36.1 Å². The lowest BCUT2D eigenvalue weighted by atomic mass is 9.48. The van der Waals surface area contributed by atoms with E-state index >= 15 is 0 Å². The Morgan fingerprint density at radius 2 is 0.752 bits per heavy atom. The monoisotopic (exact) mass is 1540 g/mol. The maximum absolute atomic E-state index is 12.9. The molecule has 6 aromatic carbocycles. The van der Waals surface area contributed by atoms with Crippen LogP contribution in [0.4, 0.5) is 27.2 Å². The first-order chi connectivity index (χ1) is 51.3. The maximum Gasteiger partial charge on any atom is 0.508 e. The molecule has 8 aliphatic carbocycles. The number of carbonyl (C=O) groups excluding carboxylic acids is 6. The Bertz CT molecular complexity index is 3760. The molecule has 24 heteroatoms. The predicted molar refractivity (Wildman–Crippen MR) is 406 cm³/mol. The number of benzene rings is 6. The Kier molecular flexibility index (Phi) is 30.2. The van der Waals surface area contributed by atoms with E-state index in [9.17, 15) is 51.4 Å². The first-order valence-electron chi connectivity index (χ1n) is 36.2. The average molecular weight is 1540 g/mol. The van der Waals surface area contributed by atoms with Gasteiger partial charge in [-0.1, -0.05) is 117 Å². The van der Waals surface area contributed by atoms with Crippen LogP contribution in [0.5, 0.6) is 0 Å². The van der Waals surface area contributed by atoms with Crippen molar-refractivity contribution in [1.82, 2.24) is 19.1 Å². The van der Waals surface area contributed by atoms with Gasteiger partial charge in [-0.05, 0) is 214 Å². The molecule has 2 heterocycles. The van der Waals surface area contributed by atoms with Gasteiger partial charge in [0, 0.05) is 38.6 Å². The molecule has 0 radical (unpaired) electrons. The number of alkyl halides is 4. The highest BCUT2D eigenvalue weighted by molar-refractivity contribution is 7.97. The number of carbonyl (C=O) groups is 6. The van der Waals surface area contributed by atoms with Crippen molar-refractivity contribution in [3.63, 3.8) is 0 Å². The van der Waals surface area contributed by atoms with Gasteiger partial charge in [-0.2, -0.15) is 0 Å². The van der Waals surface area contributed by atoms with Crippen molar-refractivity contribution in [2.24, 2.45) is 46.3 Å². The molecule has 0 amide bonds. The number of rotatable bonds is 16. The molecule has 16 rings (SSSR count). The molecule has 4 atom stereocenters. The zero-order valence-electron chi connectivity index (χ0n) is 62.2. The number of halogens is 4. The highest BCUT2D eigenvalue weighted by Gasteiger charge is 2.61. The van der Waals surface area contributed by atoms with Gasteiger partial charge in [0.15, 0.2) is 49.2 Å². The topological polar surface area (TPSA) is 234 Å². The molecule has 8 fully saturated rings. The molecule has 8 saturated carbocycles. The van der Waals surface area contributed by atoms with E-state index in [4.69, 9.17) is 28.8 Å². The third kappa shape index (κ3) is 25.2. The number of aromatic nitrogens is 4. The second kappa shape index (κ2) is 38.5. The lowest BCUT2D eigenvalue weighted by molar-refractivity contribution is -0.191. The molecule has 8 aliphatic rings. The van der Waals surface area contributed by atoms with Crippen LogP contribution in [0, 0.1) is 46.3 Å². The molecule has 8 aromatic rings. The number of imidazole rings is 2. The van der Waals surface area contributed by atoms with Gasteiger partial charge in [-0.3, -0.25) is 18.7 Å². The molecular formula is C85H102F4N4O14S2+2. The number of aliphatic hydroxyl groups excluding tert-OH is 2. The van der Waals surface area contributed by atoms with Crippen LogP contribution in [0.2, 0.25) is 0 Å². The minimum atomic E-state index is -3.12. The van der Waals surface area contributed by atoms with Crippen molar-refractivity contribution in [3.8, 4) is 0 Å². The second-order valence-corrected chi connectivity index (χ2v) is 34.5. The third-order valence-electron chi connectivity index (χ3n) is 19.0. The number of ether oxygens (including phenoxy) is 6. The van der Waals surface area contributed by atoms with Gasteiger partial charge in [0.1, 0.15) is 36.6 Å². The molecule has 0 aliphatic heterocycles. The quantitative estimate of drug-likeness (QED) is 0.0396. The zero-order valence-corrected chi connectivity index (χ0v) is 63.8. The van der Waals surface area contributed by atoms with Crippen LogP contribution < -0.4 is 0 Å². The van der Waals surface area contributed by atoms with E-state index in [2.05, 4.69) is 197 Å². The van der Waals surface area contributed by atoms with E-state index in [0.29, 0.717) is 57.8 Å². The normalized spacial score (nSPS) is 22.4. The maximum atomic E-state index is 12.9. The van der Waals surface area contributed by atoms with Crippen molar-refractivity contribution in [1.29, 1.82) is 0 Å². The molecular weight excluding hydrogens is 1440 g/mol. The lowest BCUT2D eigenvalue weighted by Gasteiger charge is -2.57. The summed E-state index contributed by atoms with van der Waals surface area (Å²) in [5.74, 6) is -6.65. The van der Waals surface area contributed by atoms with Crippen molar-refractivity contribution in [2.45, 2.75) is 192 Å². The summed E-state index contributed by atoms with van der Waals surface area (Å²) in [7, 11) is -0.0293. The van der Waals surface area contributed by atoms with Crippen LogP contribution in [-0.2, 0) is 69.4 Å². The van der Waals surface area contributed by atoms with Gasteiger partial charge in [0.05, 0.1) is 38.7 Å². The summed E-state index contributed by atoms with van der Waals surface area (Å²) >= 11 is 0. The number of nitrogens with zero attached hydrogens (tertiary/aromatic N) is 4. The van der Waals surface area contributed by atoms with E-state index in [1.165, 1.54) is 51.2 Å². The molecule has 4 unspecified atom stereocenters. The highest BCUT2D eigenvalue weighted by Crippen LogP contribution is 2.62. The SMILES string of the molecule is C.CC(C)(C)OC(=O)COC(=O)C12CC3CC(C1)C(O)C(C3)C2.CC(F)(F)CO.CC(F)(F)COC(=O)OC1C2CC3CC1CC(C(=O)OCC(=O)OC(C)(C)C)(C3)C2.O=C(n1ccnc1)n1ccnc1.c1ccc([S+](c2ccccc2)c2ccccc2)cc1.c1ccc([S+](c2ccccc2)c2ccccc2)cc1. The van der Waals surface area contributed by atoms with E-state index in [1.807, 2.05) is 0 Å².